The summed E-state index contributed by atoms with van der Waals surface area (Å²) in [5.74, 6) is 0.487. The highest BCUT2D eigenvalue weighted by Crippen LogP contribution is 2.25. The second-order valence-corrected chi connectivity index (χ2v) is 5.82. The Kier molecular flexibility index (Phi) is 7.07. The number of piperazine rings is 1. The number of halogens is 3. The zero-order chi connectivity index (χ0) is 14.7. The lowest BCUT2D eigenvalue weighted by Crippen LogP contribution is -2.55. The second-order valence-electron chi connectivity index (χ2n) is 4.95. The highest BCUT2D eigenvalue weighted by molar-refractivity contribution is 6.34. The first-order valence-corrected chi connectivity index (χ1v) is 7.37. The van der Waals surface area contributed by atoms with Gasteiger partial charge in [-0.1, -0.05) is 23.2 Å². The summed E-state index contributed by atoms with van der Waals surface area (Å²) in [7, 11) is 0. The minimum absolute atomic E-state index is 0. The average molecular weight is 354 g/mol. The number of hydrogen-bond donors (Lipinski definition) is 1. The molecule has 21 heavy (non-hydrogen) atoms. The molecule has 1 aromatic rings. The van der Waals surface area contributed by atoms with E-state index in [0.717, 1.165) is 13.1 Å². The molecular formula is C14H19Cl3N2O2. The standard InChI is InChI=1S/C14H18Cl2N2O2.ClH/c1-9-8-17-3-4-18(9)14(19)10(2)20-13-6-11(15)5-12(16)7-13;/h5-7,9-10,17H,3-4,8H2,1-2H3;1H. The van der Waals surface area contributed by atoms with E-state index in [1.54, 1.807) is 25.1 Å². The maximum Gasteiger partial charge on any atom is 0.263 e. The van der Waals surface area contributed by atoms with Crippen LogP contribution in [0.2, 0.25) is 10.0 Å². The van der Waals surface area contributed by atoms with Crippen LogP contribution in [0.5, 0.6) is 5.75 Å². The SMILES string of the molecule is CC(Oc1cc(Cl)cc(Cl)c1)C(=O)N1CCNCC1C.Cl. The summed E-state index contributed by atoms with van der Waals surface area (Å²) in [6, 6.07) is 5.10. The van der Waals surface area contributed by atoms with Gasteiger partial charge in [0.25, 0.3) is 5.91 Å². The summed E-state index contributed by atoms with van der Waals surface area (Å²) in [4.78, 5) is 14.2. The number of ether oxygens (including phenoxy) is 1. The Labute approximate surface area is 141 Å². The van der Waals surface area contributed by atoms with Crippen molar-refractivity contribution in [3.8, 4) is 5.75 Å². The molecule has 2 rings (SSSR count). The Hall–Kier alpha value is -0.680. The molecule has 1 fully saturated rings. The van der Waals surface area contributed by atoms with Crippen molar-refractivity contribution in [2.45, 2.75) is 26.0 Å². The molecular weight excluding hydrogens is 335 g/mol. The second kappa shape index (κ2) is 8.08. The maximum absolute atomic E-state index is 12.4. The van der Waals surface area contributed by atoms with Crippen LogP contribution < -0.4 is 10.1 Å². The Bertz CT molecular complexity index is 479. The molecule has 0 aliphatic carbocycles. The van der Waals surface area contributed by atoms with Crippen LogP contribution in [0.1, 0.15) is 13.8 Å². The quantitative estimate of drug-likeness (QED) is 0.908. The Balaban J connectivity index is 0.00000220. The molecule has 4 nitrogen and oxygen atoms in total. The number of benzene rings is 1. The number of hydrogen-bond acceptors (Lipinski definition) is 3. The van der Waals surface area contributed by atoms with Gasteiger partial charge in [0.1, 0.15) is 5.75 Å². The predicted molar refractivity (Wildman–Crippen MR) is 87.8 cm³/mol. The van der Waals surface area contributed by atoms with E-state index in [9.17, 15) is 4.79 Å². The molecule has 0 radical (unpaired) electrons. The van der Waals surface area contributed by atoms with Crippen LogP contribution in [0, 0.1) is 0 Å². The third-order valence-electron chi connectivity index (χ3n) is 3.28. The fourth-order valence-electron chi connectivity index (χ4n) is 2.25. The lowest BCUT2D eigenvalue weighted by atomic mass is 10.2. The first-order chi connectivity index (χ1) is 9.47. The molecule has 0 aromatic heterocycles. The van der Waals surface area contributed by atoms with Crippen LogP contribution >= 0.6 is 35.6 Å². The summed E-state index contributed by atoms with van der Waals surface area (Å²) >= 11 is 11.8. The van der Waals surface area contributed by atoms with Gasteiger partial charge in [0.05, 0.1) is 0 Å². The van der Waals surface area contributed by atoms with Gasteiger partial charge >= 0.3 is 0 Å². The van der Waals surface area contributed by atoms with Gasteiger partial charge in [-0.3, -0.25) is 4.79 Å². The van der Waals surface area contributed by atoms with Crippen molar-refractivity contribution in [3.05, 3.63) is 28.2 Å². The molecule has 1 saturated heterocycles. The summed E-state index contributed by atoms with van der Waals surface area (Å²) in [6.45, 7) is 6.08. The van der Waals surface area contributed by atoms with E-state index in [1.165, 1.54) is 0 Å². The largest absolute Gasteiger partial charge is 0.481 e. The molecule has 118 valence electrons. The predicted octanol–water partition coefficient (Wildman–Crippen LogP) is 3.00. The topological polar surface area (TPSA) is 41.6 Å². The molecule has 7 heteroatoms. The van der Waals surface area contributed by atoms with Crippen LogP contribution in [-0.4, -0.2) is 42.6 Å². The molecule has 1 N–H and O–H groups in total. The minimum Gasteiger partial charge on any atom is -0.481 e. The van der Waals surface area contributed by atoms with Crippen molar-refractivity contribution < 1.29 is 9.53 Å². The smallest absolute Gasteiger partial charge is 0.263 e. The number of nitrogens with one attached hydrogen (secondary N) is 1. The number of nitrogens with zero attached hydrogens (tertiary/aromatic N) is 1. The van der Waals surface area contributed by atoms with E-state index in [0.29, 0.717) is 22.3 Å². The van der Waals surface area contributed by atoms with Crippen molar-refractivity contribution in [2.24, 2.45) is 0 Å². The molecule has 2 atom stereocenters. The van der Waals surface area contributed by atoms with Gasteiger partial charge in [-0.15, -0.1) is 12.4 Å². The number of carbonyl (C=O) groups is 1. The van der Waals surface area contributed by atoms with E-state index in [4.69, 9.17) is 27.9 Å². The van der Waals surface area contributed by atoms with E-state index in [2.05, 4.69) is 5.32 Å². The number of rotatable bonds is 3. The molecule has 0 bridgehead atoms. The van der Waals surface area contributed by atoms with Crippen molar-refractivity contribution in [2.75, 3.05) is 19.6 Å². The van der Waals surface area contributed by atoms with Crippen LogP contribution in [0.3, 0.4) is 0 Å². The van der Waals surface area contributed by atoms with Crippen LogP contribution in [0.4, 0.5) is 0 Å². The number of amides is 1. The third-order valence-corrected chi connectivity index (χ3v) is 3.72. The average Bonchev–Trinajstić information content (AvgIpc) is 2.37. The molecule has 0 spiro atoms. The zero-order valence-electron chi connectivity index (χ0n) is 11.9. The first kappa shape index (κ1) is 18.4. The molecule has 1 aliphatic heterocycles. The van der Waals surface area contributed by atoms with Gasteiger partial charge in [0, 0.05) is 35.7 Å². The fraction of sp³-hybridized carbons (Fsp3) is 0.500. The highest BCUT2D eigenvalue weighted by atomic mass is 35.5. The molecule has 0 saturated carbocycles. The Morgan fingerprint density at radius 1 is 1.38 bits per heavy atom. The first-order valence-electron chi connectivity index (χ1n) is 6.61. The van der Waals surface area contributed by atoms with E-state index in [1.807, 2.05) is 11.8 Å². The summed E-state index contributed by atoms with van der Waals surface area (Å²) in [6.07, 6.45) is -0.565. The van der Waals surface area contributed by atoms with Gasteiger partial charge < -0.3 is 15.0 Å². The van der Waals surface area contributed by atoms with E-state index in [-0.39, 0.29) is 24.4 Å². The molecule has 2 unspecified atom stereocenters. The van der Waals surface area contributed by atoms with Gasteiger partial charge in [-0.05, 0) is 32.0 Å². The van der Waals surface area contributed by atoms with Gasteiger partial charge in [0.2, 0.25) is 0 Å². The highest BCUT2D eigenvalue weighted by Gasteiger charge is 2.27. The van der Waals surface area contributed by atoms with E-state index >= 15 is 0 Å². The lowest BCUT2D eigenvalue weighted by Gasteiger charge is -2.35. The molecule has 1 aromatic carbocycles. The molecule has 1 heterocycles. The third kappa shape index (κ3) is 4.92. The number of carbonyl (C=O) groups excluding carboxylic acids is 1. The molecule has 1 aliphatic rings. The van der Waals surface area contributed by atoms with Crippen molar-refractivity contribution >= 4 is 41.5 Å². The van der Waals surface area contributed by atoms with Gasteiger partial charge in [-0.2, -0.15) is 0 Å². The fourth-order valence-corrected chi connectivity index (χ4v) is 2.76. The van der Waals surface area contributed by atoms with Crippen molar-refractivity contribution in [1.29, 1.82) is 0 Å². The van der Waals surface area contributed by atoms with Gasteiger partial charge in [-0.25, -0.2) is 0 Å². The van der Waals surface area contributed by atoms with Crippen molar-refractivity contribution in [3.63, 3.8) is 0 Å². The monoisotopic (exact) mass is 352 g/mol. The van der Waals surface area contributed by atoms with Crippen LogP contribution in [-0.2, 0) is 4.79 Å². The van der Waals surface area contributed by atoms with Crippen molar-refractivity contribution in [1.82, 2.24) is 10.2 Å². The Morgan fingerprint density at radius 3 is 2.57 bits per heavy atom. The maximum atomic E-state index is 12.4. The Morgan fingerprint density at radius 2 is 2.00 bits per heavy atom. The van der Waals surface area contributed by atoms with Gasteiger partial charge in [0.15, 0.2) is 6.10 Å². The lowest BCUT2D eigenvalue weighted by molar-refractivity contribution is -0.140. The molecule has 1 amide bonds. The summed E-state index contributed by atoms with van der Waals surface area (Å²) < 4.78 is 5.66. The minimum atomic E-state index is -0.565. The zero-order valence-corrected chi connectivity index (χ0v) is 14.3. The van der Waals surface area contributed by atoms with Crippen LogP contribution in [0.25, 0.3) is 0 Å². The summed E-state index contributed by atoms with van der Waals surface area (Å²) in [5.41, 5.74) is 0. The summed E-state index contributed by atoms with van der Waals surface area (Å²) in [5, 5.41) is 4.23. The van der Waals surface area contributed by atoms with Crippen LogP contribution in [0.15, 0.2) is 18.2 Å². The normalized spacial score (nSPS) is 19.6. The van der Waals surface area contributed by atoms with E-state index < -0.39 is 6.10 Å².